The van der Waals surface area contributed by atoms with E-state index in [1.54, 1.807) is 11.3 Å². The van der Waals surface area contributed by atoms with E-state index in [0.29, 0.717) is 12.5 Å². The summed E-state index contributed by atoms with van der Waals surface area (Å²) in [4.78, 5) is 24.4. The molecule has 1 saturated heterocycles. The zero-order chi connectivity index (χ0) is 18.2. The lowest BCUT2D eigenvalue weighted by molar-refractivity contribution is -0.134. The smallest absolute Gasteiger partial charge is 0.242 e. The molecule has 140 valence electrons. The van der Waals surface area contributed by atoms with Gasteiger partial charge in [-0.15, -0.1) is 11.3 Å². The van der Waals surface area contributed by atoms with Gasteiger partial charge in [-0.2, -0.15) is 0 Å². The zero-order valence-corrected chi connectivity index (χ0v) is 16.2. The molecule has 0 radical (unpaired) electrons. The van der Waals surface area contributed by atoms with Gasteiger partial charge in [-0.25, -0.2) is 9.97 Å². The summed E-state index contributed by atoms with van der Waals surface area (Å²) in [5.74, 6) is 2.54. The number of benzene rings is 1. The zero-order valence-electron chi connectivity index (χ0n) is 15.4. The third-order valence-electron chi connectivity index (χ3n) is 6.25. The Kier molecular flexibility index (Phi) is 4.44. The molecule has 1 aromatic carbocycles. The van der Waals surface area contributed by atoms with Crippen LogP contribution in [0.25, 0.3) is 22.6 Å². The summed E-state index contributed by atoms with van der Waals surface area (Å²) >= 11 is 1.55. The number of amides is 1. The molecule has 1 saturated carbocycles. The predicted molar refractivity (Wildman–Crippen MR) is 107 cm³/mol. The van der Waals surface area contributed by atoms with E-state index in [-0.39, 0.29) is 5.91 Å². The van der Waals surface area contributed by atoms with Gasteiger partial charge in [-0.1, -0.05) is 31.4 Å². The first-order valence-electron chi connectivity index (χ1n) is 9.91. The Morgan fingerprint density at radius 1 is 1.15 bits per heavy atom. The van der Waals surface area contributed by atoms with Crippen molar-refractivity contribution in [1.29, 1.82) is 0 Å². The average Bonchev–Trinajstić information content (AvgIpc) is 3.36. The van der Waals surface area contributed by atoms with E-state index in [0.717, 1.165) is 41.6 Å². The Balaban J connectivity index is 1.42. The molecular formula is C21H24N4OS. The molecule has 27 heavy (non-hydrogen) atoms. The van der Waals surface area contributed by atoms with E-state index >= 15 is 0 Å². The second-order valence-corrected chi connectivity index (χ2v) is 8.54. The number of aromatic nitrogens is 3. The number of rotatable bonds is 3. The van der Waals surface area contributed by atoms with Crippen molar-refractivity contribution in [3.8, 4) is 11.5 Å². The highest BCUT2D eigenvalue weighted by molar-refractivity contribution is 7.07. The van der Waals surface area contributed by atoms with Crippen LogP contribution in [0.15, 0.2) is 35.2 Å². The number of likely N-dealkylation sites (tertiary alicyclic amines) is 1. The van der Waals surface area contributed by atoms with Crippen LogP contribution in [-0.2, 0) is 11.3 Å². The average molecular weight is 381 g/mol. The molecule has 0 bridgehead atoms. The second kappa shape index (κ2) is 7.08. The normalized spacial score (nSPS) is 22.7. The van der Waals surface area contributed by atoms with Crippen molar-refractivity contribution < 1.29 is 4.79 Å². The number of hydrogen-bond acceptors (Lipinski definition) is 4. The van der Waals surface area contributed by atoms with Crippen LogP contribution >= 0.6 is 11.3 Å². The molecule has 2 aromatic heterocycles. The van der Waals surface area contributed by atoms with Crippen molar-refractivity contribution in [2.75, 3.05) is 13.1 Å². The van der Waals surface area contributed by atoms with Crippen LogP contribution in [0, 0.1) is 11.8 Å². The van der Waals surface area contributed by atoms with E-state index in [9.17, 15) is 4.79 Å². The van der Waals surface area contributed by atoms with Crippen molar-refractivity contribution >= 4 is 28.3 Å². The van der Waals surface area contributed by atoms with Gasteiger partial charge in [0.15, 0.2) is 5.82 Å². The van der Waals surface area contributed by atoms with Gasteiger partial charge in [-0.05, 0) is 36.8 Å². The van der Waals surface area contributed by atoms with Crippen LogP contribution in [0.5, 0.6) is 0 Å². The van der Waals surface area contributed by atoms with Gasteiger partial charge in [-0.3, -0.25) is 4.79 Å². The minimum absolute atomic E-state index is 0.207. The van der Waals surface area contributed by atoms with Gasteiger partial charge in [0.05, 0.1) is 16.5 Å². The fourth-order valence-corrected chi connectivity index (χ4v) is 5.35. The molecule has 5 nitrogen and oxygen atoms in total. The van der Waals surface area contributed by atoms with Crippen molar-refractivity contribution in [1.82, 2.24) is 19.4 Å². The molecule has 3 heterocycles. The van der Waals surface area contributed by atoms with E-state index in [1.165, 1.54) is 32.1 Å². The molecule has 2 atom stereocenters. The first kappa shape index (κ1) is 16.9. The number of thiazole rings is 1. The number of imidazole rings is 1. The third-order valence-corrected chi connectivity index (χ3v) is 6.84. The molecule has 2 aliphatic rings. The van der Waals surface area contributed by atoms with Crippen LogP contribution in [0.3, 0.4) is 0 Å². The lowest BCUT2D eigenvalue weighted by atomic mass is 9.75. The van der Waals surface area contributed by atoms with E-state index < -0.39 is 0 Å². The fourth-order valence-electron chi connectivity index (χ4n) is 4.82. The second-order valence-electron chi connectivity index (χ2n) is 7.82. The standard InChI is InChI=1S/C21H24N4OS/c26-20(24-10-9-15-5-1-2-6-16(15)11-24)12-25-19-8-4-3-7-17(19)23-21(25)18-13-27-14-22-18/h3-4,7-8,13-16H,1-2,5-6,9-12H2. The van der Waals surface area contributed by atoms with Crippen LogP contribution < -0.4 is 0 Å². The van der Waals surface area contributed by atoms with Crippen LogP contribution in [0.1, 0.15) is 32.1 Å². The molecule has 0 N–H and O–H groups in total. The molecule has 2 fully saturated rings. The summed E-state index contributed by atoms with van der Waals surface area (Å²) in [5, 5.41) is 2.00. The van der Waals surface area contributed by atoms with Gasteiger partial charge in [0.1, 0.15) is 12.2 Å². The Hall–Kier alpha value is -2.21. The number of nitrogens with zero attached hydrogens (tertiary/aromatic N) is 4. The topological polar surface area (TPSA) is 51.0 Å². The highest BCUT2D eigenvalue weighted by atomic mass is 32.1. The molecule has 6 heteroatoms. The van der Waals surface area contributed by atoms with E-state index in [4.69, 9.17) is 4.98 Å². The minimum atomic E-state index is 0.207. The Labute approximate surface area is 163 Å². The lowest BCUT2D eigenvalue weighted by Gasteiger charge is -2.41. The summed E-state index contributed by atoms with van der Waals surface area (Å²) < 4.78 is 2.04. The molecule has 2 unspecified atom stereocenters. The largest absolute Gasteiger partial charge is 0.341 e. The number of hydrogen-bond donors (Lipinski definition) is 0. The molecule has 0 spiro atoms. The van der Waals surface area contributed by atoms with Crippen molar-refractivity contribution in [3.63, 3.8) is 0 Å². The number of para-hydroxylation sites is 2. The molecular weight excluding hydrogens is 356 g/mol. The van der Waals surface area contributed by atoms with Crippen molar-refractivity contribution in [3.05, 3.63) is 35.2 Å². The van der Waals surface area contributed by atoms with Gasteiger partial charge in [0, 0.05) is 18.5 Å². The summed E-state index contributed by atoms with van der Waals surface area (Å²) in [6, 6.07) is 8.03. The summed E-state index contributed by atoms with van der Waals surface area (Å²) in [5.41, 5.74) is 4.57. The molecule has 1 aliphatic heterocycles. The molecule has 5 rings (SSSR count). The van der Waals surface area contributed by atoms with Crippen molar-refractivity contribution in [2.24, 2.45) is 11.8 Å². The maximum absolute atomic E-state index is 13.2. The lowest BCUT2D eigenvalue weighted by Crippen LogP contribution is -2.45. The minimum Gasteiger partial charge on any atom is -0.341 e. The van der Waals surface area contributed by atoms with Gasteiger partial charge >= 0.3 is 0 Å². The number of piperidine rings is 1. The predicted octanol–water partition coefficient (Wildman–Crippen LogP) is 4.20. The SMILES string of the molecule is O=C(Cn1c(-c2cscn2)nc2ccccc21)N1CCC2CCCCC2C1. The Morgan fingerprint density at radius 2 is 2.00 bits per heavy atom. The van der Waals surface area contributed by atoms with Crippen LogP contribution in [0.4, 0.5) is 0 Å². The third kappa shape index (κ3) is 3.16. The van der Waals surface area contributed by atoms with Gasteiger partial charge in [0.2, 0.25) is 5.91 Å². The highest BCUT2D eigenvalue weighted by Crippen LogP contribution is 2.36. The monoisotopic (exact) mass is 380 g/mol. The van der Waals surface area contributed by atoms with Crippen LogP contribution in [0.2, 0.25) is 0 Å². The van der Waals surface area contributed by atoms with E-state index in [1.807, 2.05) is 39.7 Å². The van der Waals surface area contributed by atoms with E-state index in [2.05, 4.69) is 9.88 Å². The molecule has 1 amide bonds. The quantitative estimate of drug-likeness (QED) is 0.684. The fraction of sp³-hybridized carbons (Fsp3) is 0.476. The highest BCUT2D eigenvalue weighted by Gasteiger charge is 2.33. The summed E-state index contributed by atoms with van der Waals surface area (Å²) in [7, 11) is 0. The van der Waals surface area contributed by atoms with Crippen molar-refractivity contribution in [2.45, 2.75) is 38.6 Å². The maximum Gasteiger partial charge on any atom is 0.242 e. The number of carbonyl (C=O) groups is 1. The maximum atomic E-state index is 13.2. The Bertz CT molecular complexity index is 948. The van der Waals surface area contributed by atoms with Crippen LogP contribution in [-0.4, -0.2) is 38.4 Å². The molecule has 3 aromatic rings. The van der Waals surface area contributed by atoms with Gasteiger partial charge in [0.25, 0.3) is 0 Å². The summed E-state index contributed by atoms with van der Waals surface area (Å²) in [6.45, 7) is 2.17. The first-order valence-corrected chi connectivity index (χ1v) is 10.9. The first-order chi connectivity index (χ1) is 13.3. The summed E-state index contributed by atoms with van der Waals surface area (Å²) in [6.07, 6.45) is 6.50. The number of carbonyl (C=O) groups excluding carboxylic acids is 1. The Morgan fingerprint density at radius 3 is 2.85 bits per heavy atom. The molecule has 1 aliphatic carbocycles. The number of fused-ring (bicyclic) bond motifs is 2. The van der Waals surface area contributed by atoms with Gasteiger partial charge < -0.3 is 9.47 Å².